The number of carbonyl (C=O) groups is 1. The maximum atomic E-state index is 14.5. The number of nitrogens with one attached hydrogen (secondary N) is 1. The van der Waals surface area contributed by atoms with Crippen molar-refractivity contribution in [3.8, 4) is 22.6 Å². The van der Waals surface area contributed by atoms with Crippen molar-refractivity contribution in [1.29, 1.82) is 0 Å². The molecule has 3 aromatic rings. The van der Waals surface area contributed by atoms with E-state index >= 15 is 0 Å². The molecule has 0 spiro atoms. The van der Waals surface area contributed by atoms with Gasteiger partial charge in [-0.3, -0.25) is 4.79 Å². The minimum absolute atomic E-state index is 0. The molecule has 1 saturated carbocycles. The molecule has 1 amide bonds. The molecule has 1 aliphatic carbocycles. The van der Waals surface area contributed by atoms with E-state index in [1.807, 2.05) is 12.1 Å². The number of hydrogen-bond donors (Lipinski definition) is 2. The summed E-state index contributed by atoms with van der Waals surface area (Å²) in [6.07, 6.45) is 1.37. The average Bonchev–Trinajstić information content (AvgIpc) is 3.45. The largest absolute Gasteiger partial charge is 0.454 e. The normalized spacial score (nSPS) is 15.9. The molecule has 0 bridgehead atoms. The number of ether oxygens (including phenoxy) is 2. The van der Waals surface area contributed by atoms with Crippen molar-refractivity contribution < 1.29 is 31.4 Å². The van der Waals surface area contributed by atoms with E-state index < -0.39 is 21.3 Å². The second kappa shape index (κ2) is 7.32. The Labute approximate surface area is 188 Å². The first-order chi connectivity index (χ1) is 15.3. The smallest absolute Gasteiger partial charge is 0.238 e. The van der Waals surface area contributed by atoms with Crippen LogP contribution in [0.4, 0.5) is 10.1 Å². The summed E-state index contributed by atoms with van der Waals surface area (Å²) in [5, 5.41) is 8.06. The van der Waals surface area contributed by atoms with Crippen molar-refractivity contribution in [2.75, 3.05) is 12.1 Å². The first-order valence-electron chi connectivity index (χ1n) is 9.91. The van der Waals surface area contributed by atoms with Gasteiger partial charge in [0.05, 0.1) is 10.3 Å². The van der Waals surface area contributed by atoms with E-state index in [9.17, 15) is 17.6 Å². The SMILES string of the molecule is NS(=O)(=O)c1cccc(-c2cc(NC(=O)C3(c4ccc5c(c4)OCO5)CC3)ccc2F)c1.[HH].[HH].[HH]. The highest BCUT2D eigenvalue weighted by Crippen LogP contribution is 2.51. The minimum atomic E-state index is -3.93. The van der Waals surface area contributed by atoms with Gasteiger partial charge in [0.15, 0.2) is 11.5 Å². The van der Waals surface area contributed by atoms with E-state index in [1.54, 1.807) is 12.1 Å². The summed E-state index contributed by atoms with van der Waals surface area (Å²) in [5.74, 6) is 0.508. The fraction of sp³-hybridized carbons (Fsp3) is 0.174. The quantitative estimate of drug-likeness (QED) is 0.591. The molecule has 32 heavy (non-hydrogen) atoms. The molecule has 1 aliphatic heterocycles. The van der Waals surface area contributed by atoms with Gasteiger partial charge < -0.3 is 14.8 Å². The van der Waals surface area contributed by atoms with Crippen LogP contribution in [0, 0.1) is 5.82 Å². The number of anilines is 1. The minimum Gasteiger partial charge on any atom is -0.454 e. The Morgan fingerprint density at radius 1 is 1.03 bits per heavy atom. The van der Waals surface area contributed by atoms with Crippen molar-refractivity contribution >= 4 is 21.6 Å². The van der Waals surface area contributed by atoms with Crippen molar-refractivity contribution in [2.45, 2.75) is 23.2 Å². The number of rotatable bonds is 5. The van der Waals surface area contributed by atoms with Crippen molar-refractivity contribution in [2.24, 2.45) is 5.14 Å². The van der Waals surface area contributed by atoms with E-state index in [-0.39, 0.29) is 27.4 Å². The number of benzene rings is 3. The van der Waals surface area contributed by atoms with Crippen LogP contribution in [-0.4, -0.2) is 21.1 Å². The lowest BCUT2D eigenvalue weighted by Crippen LogP contribution is -2.27. The third-order valence-corrected chi connectivity index (χ3v) is 6.72. The molecule has 0 unspecified atom stereocenters. The van der Waals surface area contributed by atoms with Gasteiger partial charge in [0.25, 0.3) is 0 Å². The molecule has 1 fully saturated rings. The van der Waals surface area contributed by atoms with Crippen LogP contribution in [0.3, 0.4) is 0 Å². The number of primary sulfonamides is 1. The Hall–Kier alpha value is -3.43. The van der Waals surface area contributed by atoms with Gasteiger partial charge in [-0.05, 0) is 66.4 Å². The Balaban J connectivity index is 0.00000144. The van der Waals surface area contributed by atoms with Crippen molar-refractivity contribution in [3.05, 3.63) is 72.0 Å². The molecule has 5 rings (SSSR count). The summed E-state index contributed by atoms with van der Waals surface area (Å²) in [4.78, 5) is 13.0. The van der Waals surface area contributed by atoms with Gasteiger partial charge >= 0.3 is 0 Å². The zero-order valence-corrected chi connectivity index (χ0v) is 17.6. The van der Waals surface area contributed by atoms with Gasteiger partial charge in [-0.1, -0.05) is 18.2 Å². The third-order valence-electron chi connectivity index (χ3n) is 5.81. The van der Waals surface area contributed by atoms with Gasteiger partial charge in [0, 0.05) is 15.5 Å². The lowest BCUT2D eigenvalue weighted by Gasteiger charge is -2.17. The van der Waals surface area contributed by atoms with E-state index in [0.717, 1.165) is 5.56 Å². The molecule has 0 atom stereocenters. The maximum absolute atomic E-state index is 14.5. The topological polar surface area (TPSA) is 108 Å². The van der Waals surface area contributed by atoms with Crippen LogP contribution < -0.4 is 19.9 Å². The highest BCUT2D eigenvalue weighted by Gasteiger charge is 2.51. The molecule has 3 N–H and O–H groups in total. The molecule has 170 valence electrons. The molecule has 7 nitrogen and oxygen atoms in total. The first-order valence-corrected chi connectivity index (χ1v) is 11.5. The molecule has 0 saturated heterocycles. The van der Waals surface area contributed by atoms with Gasteiger partial charge in [0.2, 0.25) is 22.7 Å². The summed E-state index contributed by atoms with van der Waals surface area (Å²) in [6, 6.07) is 15.3. The highest BCUT2D eigenvalue weighted by atomic mass is 32.2. The van der Waals surface area contributed by atoms with Crippen LogP contribution in [0.1, 0.15) is 22.7 Å². The average molecular weight is 461 g/mol. The fourth-order valence-corrected chi connectivity index (χ4v) is 4.44. The van der Waals surface area contributed by atoms with E-state index in [4.69, 9.17) is 14.6 Å². The summed E-state index contributed by atoms with van der Waals surface area (Å²) in [6.45, 7) is 0.156. The second-order valence-corrected chi connectivity index (χ2v) is 9.43. The summed E-state index contributed by atoms with van der Waals surface area (Å²) >= 11 is 0. The van der Waals surface area contributed by atoms with Gasteiger partial charge in [-0.15, -0.1) is 0 Å². The third kappa shape index (κ3) is 3.59. The van der Waals surface area contributed by atoms with Crippen LogP contribution in [0.2, 0.25) is 0 Å². The highest BCUT2D eigenvalue weighted by molar-refractivity contribution is 7.89. The van der Waals surface area contributed by atoms with Gasteiger partial charge in [-0.25, -0.2) is 17.9 Å². The lowest BCUT2D eigenvalue weighted by molar-refractivity contribution is -0.118. The van der Waals surface area contributed by atoms with E-state index in [1.165, 1.54) is 36.4 Å². The fourth-order valence-electron chi connectivity index (χ4n) is 3.88. The molecule has 9 heteroatoms. The Bertz CT molecular complexity index is 1370. The molecule has 0 aromatic heterocycles. The van der Waals surface area contributed by atoms with Gasteiger partial charge in [-0.2, -0.15) is 0 Å². The molecule has 1 heterocycles. The standard InChI is InChI=1S/C23H19FN2O5S.3H2/c24-19-6-5-16(12-18(19)14-2-1-3-17(10-14)32(25,28)29)26-22(27)23(8-9-23)15-4-7-20-21(11-15)31-13-30-20;;;/h1-7,10-12H,8-9,13H2,(H,26,27)(H2,25,28,29);3*1H. The number of halogens is 1. The number of amides is 1. The van der Waals surface area contributed by atoms with Crippen LogP contribution in [0.15, 0.2) is 65.6 Å². The predicted octanol–water partition coefficient (Wildman–Crippen LogP) is 4.28. The van der Waals surface area contributed by atoms with E-state index in [2.05, 4.69) is 5.32 Å². The Kier molecular flexibility index (Phi) is 4.68. The number of fused-ring (bicyclic) bond motifs is 1. The predicted molar refractivity (Wildman–Crippen MR) is 122 cm³/mol. The Morgan fingerprint density at radius 2 is 1.81 bits per heavy atom. The molecule has 3 aromatic carbocycles. The molecular weight excluding hydrogens is 435 g/mol. The van der Waals surface area contributed by atoms with Crippen LogP contribution >= 0.6 is 0 Å². The van der Waals surface area contributed by atoms with Crippen LogP contribution in [0.25, 0.3) is 11.1 Å². The number of nitrogens with two attached hydrogens (primary N) is 1. The first kappa shape index (κ1) is 20.5. The van der Waals surface area contributed by atoms with Crippen molar-refractivity contribution in [3.63, 3.8) is 0 Å². The summed E-state index contributed by atoms with van der Waals surface area (Å²) in [5.41, 5.74) is 1.05. The van der Waals surface area contributed by atoms with Crippen LogP contribution in [-0.2, 0) is 20.2 Å². The van der Waals surface area contributed by atoms with Gasteiger partial charge in [0.1, 0.15) is 5.82 Å². The monoisotopic (exact) mass is 460 g/mol. The Morgan fingerprint density at radius 3 is 2.56 bits per heavy atom. The van der Waals surface area contributed by atoms with Crippen LogP contribution in [0.5, 0.6) is 11.5 Å². The second-order valence-electron chi connectivity index (χ2n) is 7.87. The number of sulfonamides is 1. The maximum Gasteiger partial charge on any atom is 0.238 e. The van der Waals surface area contributed by atoms with Crippen molar-refractivity contribution in [1.82, 2.24) is 0 Å². The summed E-state index contributed by atoms with van der Waals surface area (Å²) < 4.78 is 48.6. The molecule has 2 aliphatic rings. The van der Waals surface area contributed by atoms with E-state index in [0.29, 0.717) is 35.6 Å². The zero-order valence-electron chi connectivity index (χ0n) is 16.8. The lowest BCUT2D eigenvalue weighted by atomic mass is 9.94. The molecule has 0 radical (unpaired) electrons. The number of hydrogen-bond acceptors (Lipinski definition) is 5. The number of carbonyl (C=O) groups excluding carboxylic acids is 1. The molecular formula is C23H25FN2O5S. The summed E-state index contributed by atoms with van der Waals surface area (Å²) in [7, 11) is -3.93. The zero-order chi connectivity index (χ0) is 22.5.